The molecule has 3 saturated carbocycles. The molecule has 0 N–H and O–H groups in total. The summed E-state index contributed by atoms with van der Waals surface area (Å²) in [6.07, 6.45) is 18.9. The summed E-state index contributed by atoms with van der Waals surface area (Å²) in [6.45, 7) is 20.3. The molecule has 3 fully saturated rings. The van der Waals surface area contributed by atoms with E-state index in [1.54, 1.807) is 0 Å². The van der Waals surface area contributed by atoms with Gasteiger partial charge in [-0.3, -0.25) is 0 Å². The molecular weight excluding hydrogens is 384 g/mol. The Morgan fingerprint density at radius 2 is 1.66 bits per heavy atom. The van der Waals surface area contributed by atoms with Gasteiger partial charge in [-0.25, -0.2) is 0 Å². The molecule has 4 aliphatic carbocycles. The van der Waals surface area contributed by atoms with Crippen molar-refractivity contribution in [2.75, 3.05) is 0 Å². The number of hydrogen-bond acceptors (Lipinski definition) is 0. The monoisotopic (exact) mass is 440 g/mol. The number of fused-ring (bicyclic) bond motifs is 5. The summed E-state index contributed by atoms with van der Waals surface area (Å²) in [7, 11) is 0. The van der Waals surface area contributed by atoms with Crippen LogP contribution in [-0.4, -0.2) is 0 Å². The zero-order chi connectivity index (χ0) is 23.3. The maximum atomic E-state index is 2.78. The van der Waals surface area contributed by atoms with Gasteiger partial charge < -0.3 is 0 Å². The van der Waals surface area contributed by atoms with E-state index in [1.165, 1.54) is 70.6 Å². The van der Waals surface area contributed by atoms with Crippen LogP contribution in [0.1, 0.15) is 126 Å². The second kappa shape index (κ2) is 9.41. The van der Waals surface area contributed by atoms with E-state index in [9.17, 15) is 0 Å². The largest absolute Gasteiger partial charge is 0.0845 e. The predicted molar refractivity (Wildman–Crippen MR) is 141 cm³/mol. The first kappa shape index (κ1) is 24.9. The van der Waals surface area contributed by atoms with E-state index < -0.39 is 0 Å². The average molecular weight is 441 g/mol. The molecule has 0 aromatic rings. The molecule has 0 unspecified atom stereocenters. The summed E-state index contributed by atoms with van der Waals surface area (Å²) in [5, 5.41) is 0. The second-order valence-electron chi connectivity index (χ2n) is 14.2. The van der Waals surface area contributed by atoms with Crippen molar-refractivity contribution in [3.63, 3.8) is 0 Å². The summed E-state index contributed by atoms with van der Waals surface area (Å²) < 4.78 is 0. The highest BCUT2D eigenvalue weighted by Crippen LogP contribution is 2.67. The van der Waals surface area contributed by atoms with Crippen LogP contribution in [0.5, 0.6) is 0 Å². The minimum Gasteiger partial charge on any atom is -0.0845 e. The SMILES string of the molecule is CC[C@H](CC[C@@H](C)[C@H]1CC[C@H]2[C@@H]3CC=C4C[C@@H](C(C)C)CC[C@]4(C)[C@H]3CC[C@]12C)C(C)C. The summed E-state index contributed by atoms with van der Waals surface area (Å²) in [6, 6.07) is 0. The van der Waals surface area contributed by atoms with Gasteiger partial charge in [0.2, 0.25) is 0 Å². The number of hydrogen-bond donors (Lipinski definition) is 0. The van der Waals surface area contributed by atoms with Crippen molar-refractivity contribution in [2.24, 2.45) is 64.1 Å². The van der Waals surface area contributed by atoms with Gasteiger partial charge in [0.05, 0.1) is 0 Å². The van der Waals surface area contributed by atoms with Crippen molar-refractivity contribution in [1.82, 2.24) is 0 Å². The van der Waals surface area contributed by atoms with Crippen molar-refractivity contribution in [3.05, 3.63) is 11.6 Å². The smallest absolute Gasteiger partial charge is 0.00851 e. The molecule has 4 aliphatic rings. The summed E-state index contributed by atoms with van der Waals surface area (Å²) >= 11 is 0. The predicted octanol–water partition coefficient (Wildman–Crippen LogP) is 9.94. The molecule has 0 amide bonds. The van der Waals surface area contributed by atoms with Gasteiger partial charge >= 0.3 is 0 Å². The summed E-state index contributed by atoms with van der Waals surface area (Å²) in [5.74, 6) is 8.43. The van der Waals surface area contributed by atoms with Crippen LogP contribution < -0.4 is 0 Å². The van der Waals surface area contributed by atoms with Gasteiger partial charge in [-0.1, -0.05) is 79.9 Å². The minimum absolute atomic E-state index is 0.533. The van der Waals surface area contributed by atoms with E-state index in [-0.39, 0.29) is 0 Å². The first-order chi connectivity index (χ1) is 15.1. The standard InChI is InChI=1S/C32H56/c1-9-24(21(2)3)11-10-23(6)28-14-15-29-27-13-12-26-20-25(22(4)5)16-18-31(26,7)30(27)17-19-32(28,29)8/h12,21-25,27-30H,9-11,13-20H2,1-8H3/t23-,24-,25+,27+,28-,29+,30+,31+,32-/m1/s1. The highest BCUT2D eigenvalue weighted by molar-refractivity contribution is 5.25. The Balaban J connectivity index is 1.47. The first-order valence-corrected chi connectivity index (χ1v) is 14.8. The van der Waals surface area contributed by atoms with Gasteiger partial charge in [0.15, 0.2) is 0 Å². The summed E-state index contributed by atoms with van der Waals surface area (Å²) in [5.41, 5.74) is 3.04. The fourth-order valence-electron chi connectivity index (χ4n) is 9.92. The van der Waals surface area contributed by atoms with Crippen molar-refractivity contribution in [3.8, 4) is 0 Å². The van der Waals surface area contributed by atoms with E-state index >= 15 is 0 Å². The maximum absolute atomic E-state index is 2.78. The maximum Gasteiger partial charge on any atom is -0.00851 e. The lowest BCUT2D eigenvalue weighted by molar-refractivity contribution is -0.0541. The third-order valence-electron chi connectivity index (χ3n) is 12.3. The Morgan fingerprint density at radius 3 is 2.31 bits per heavy atom. The normalized spacial score (nSPS) is 43.4. The van der Waals surface area contributed by atoms with E-state index in [0.29, 0.717) is 10.8 Å². The number of rotatable bonds is 7. The van der Waals surface area contributed by atoms with E-state index in [1.807, 2.05) is 5.57 Å². The van der Waals surface area contributed by atoms with Gasteiger partial charge in [-0.05, 0) is 122 Å². The fourth-order valence-corrected chi connectivity index (χ4v) is 9.92. The van der Waals surface area contributed by atoms with Crippen LogP contribution in [0.25, 0.3) is 0 Å². The van der Waals surface area contributed by atoms with E-state index in [2.05, 4.69) is 61.5 Å². The Kier molecular flexibility index (Phi) is 7.31. The average Bonchev–Trinajstić information content (AvgIpc) is 3.10. The van der Waals surface area contributed by atoms with Gasteiger partial charge in [0.25, 0.3) is 0 Å². The summed E-state index contributed by atoms with van der Waals surface area (Å²) in [4.78, 5) is 0. The van der Waals surface area contributed by atoms with Crippen LogP contribution in [-0.2, 0) is 0 Å². The molecule has 0 spiro atoms. The minimum atomic E-state index is 0.533. The molecule has 0 aromatic heterocycles. The lowest BCUT2D eigenvalue weighted by Gasteiger charge is -2.59. The quantitative estimate of drug-likeness (QED) is 0.345. The molecular formula is C32H56. The molecule has 0 bridgehead atoms. The Hall–Kier alpha value is -0.260. The molecule has 0 nitrogen and oxygen atoms in total. The van der Waals surface area contributed by atoms with Gasteiger partial charge in [0.1, 0.15) is 0 Å². The lowest BCUT2D eigenvalue weighted by atomic mass is 9.46. The Morgan fingerprint density at radius 1 is 0.906 bits per heavy atom. The molecule has 0 radical (unpaired) electrons. The van der Waals surface area contributed by atoms with Crippen LogP contribution in [0.15, 0.2) is 11.6 Å². The molecule has 0 saturated heterocycles. The molecule has 4 rings (SSSR count). The van der Waals surface area contributed by atoms with Gasteiger partial charge in [-0.15, -0.1) is 0 Å². The molecule has 184 valence electrons. The van der Waals surface area contributed by atoms with Crippen molar-refractivity contribution < 1.29 is 0 Å². The van der Waals surface area contributed by atoms with Crippen molar-refractivity contribution in [1.29, 1.82) is 0 Å². The highest BCUT2D eigenvalue weighted by atomic mass is 14.6. The topological polar surface area (TPSA) is 0 Å². The third kappa shape index (κ3) is 4.17. The van der Waals surface area contributed by atoms with Crippen LogP contribution >= 0.6 is 0 Å². The molecule has 9 atom stereocenters. The molecule has 0 heteroatoms. The van der Waals surface area contributed by atoms with Gasteiger partial charge in [0, 0.05) is 0 Å². The first-order valence-electron chi connectivity index (χ1n) is 14.8. The molecule has 0 aromatic carbocycles. The Bertz CT molecular complexity index is 670. The third-order valence-corrected chi connectivity index (χ3v) is 12.3. The van der Waals surface area contributed by atoms with Crippen LogP contribution in [0, 0.1) is 64.1 Å². The Labute approximate surface area is 201 Å². The van der Waals surface area contributed by atoms with Crippen molar-refractivity contribution in [2.45, 2.75) is 126 Å². The molecule has 0 aliphatic heterocycles. The second-order valence-corrected chi connectivity index (χ2v) is 14.2. The van der Waals surface area contributed by atoms with Crippen molar-refractivity contribution >= 4 is 0 Å². The van der Waals surface area contributed by atoms with E-state index in [4.69, 9.17) is 0 Å². The number of allylic oxidation sites excluding steroid dienone is 2. The fraction of sp³-hybridized carbons (Fsp3) is 0.938. The zero-order valence-corrected chi connectivity index (χ0v) is 23.1. The van der Waals surface area contributed by atoms with Crippen LogP contribution in [0.2, 0.25) is 0 Å². The molecule has 32 heavy (non-hydrogen) atoms. The zero-order valence-electron chi connectivity index (χ0n) is 23.1. The van der Waals surface area contributed by atoms with Crippen LogP contribution in [0.3, 0.4) is 0 Å². The highest BCUT2D eigenvalue weighted by Gasteiger charge is 2.59. The van der Waals surface area contributed by atoms with Crippen LogP contribution in [0.4, 0.5) is 0 Å². The lowest BCUT2D eigenvalue weighted by Crippen LogP contribution is -2.50. The van der Waals surface area contributed by atoms with E-state index in [0.717, 1.165) is 53.3 Å². The van der Waals surface area contributed by atoms with Gasteiger partial charge in [-0.2, -0.15) is 0 Å². The molecule has 0 heterocycles.